The van der Waals surface area contributed by atoms with Crippen LogP contribution in [0.4, 0.5) is 27.3 Å². The van der Waals surface area contributed by atoms with Crippen molar-refractivity contribution in [2.75, 3.05) is 54.1 Å². The van der Waals surface area contributed by atoms with Crippen molar-refractivity contribution in [3.63, 3.8) is 0 Å². The molecule has 1 aliphatic rings. The van der Waals surface area contributed by atoms with E-state index in [0.717, 1.165) is 105 Å². The molecule has 0 aliphatic heterocycles. The van der Waals surface area contributed by atoms with Gasteiger partial charge in [0.05, 0.1) is 0 Å². The molecule has 0 bridgehead atoms. The first-order chi connectivity index (χ1) is 31.2. The molecule has 1 aliphatic carbocycles. The topological polar surface area (TPSA) is 93.5 Å². The molecule has 9 heteroatoms. The van der Waals surface area contributed by atoms with Crippen molar-refractivity contribution < 1.29 is 13.9 Å². The highest BCUT2D eigenvalue weighted by Crippen LogP contribution is 2.36. The SMILES string of the molecule is C=C(CCCCCOCCCCCOCCCCCCCCCCCCCCNc1cccc(C(=C)C)c1C(=C)C)Nc1cccc(NSC2C=CC(c3ccc(N)nc3)C(F)C2)c1. The molecule has 2 aromatic carbocycles. The third-order valence-corrected chi connectivity index (χ3v) is 12.9. The van der Waals surface area contributed by atoms with E-state index in [-0.39, 0.29) is 11.2 Å². The number of benzene rings is 2. The monoisotopic (exact) mass is 896 g/mol. The molecule has 64 heavy (non-hydrogen) atoms. The lowest BCUT2D eigenvalue weighted by molar-refractivity contribution is 0.111. The van der Waals surface area contributed by atoms with Gasteiger partial charge >= 0.3 is 0 Å². The van der Waals surface area contributed by atoms with Crippen molar-refractivity contribution in [1.82, 2.24) is 4.98 Å². The van der Waals surface area contributed by atoms with Gasteiger partial charge in [0.2, 0.25) is 0 Å². The van der Waals surface area contributed by atoms with Crippen LogP contribution in [0.5, 0.6) is 0 Å². The van der Waals surface area contributed by atoms with Gasteiger partial charge in [0.25, 0.3) is 0 Å². The van der Waals surface area contributed by atoms with Gasteiger partial charge in [-0.2, -0.15) is 0 Å². The molecule has 0 fully saturated rings. The summed E-state index contributed by atoms with van der Waals surface area (Å²) in [5.41, 5.74) is 15.3. The summed E-state index contributed by atoms with van der Waals surface area (Å²) in [7, 11) is 0. The minimum Gasteiger partial charge on any atom is -0.385 e. The van der Waals surface area contributed by atoms with E-state index >= 15 is 4.39 Å². The zero-order valence-corrected chi connectivity index (χ0v) is 40.4. The molecule has 3 atom stereocenters. The fraction of sp³-hybridized carbons (Fsp3) is 0.545. The van der Waals surface area contributed by atoms with Crippen LogP contribution in [-0.2, 0) is 9.47 Å². The van der Waals surface area contributed by atoms with Gasteiger partial charge in [0.1, 0.15) is 12.0 Å². The van der Waals surface area contributed by atoms with Crippen molar-refractivity contribution in [3.8, 4) is 0 Å². The second kappa shape index (κ2) is 31.8. The standard InChI is InChI=1S/C55H82FN5O2S/c1-43(2)50-29-25-30-53(55(50)44(3)4)58-35-19-14-12-10-8-6-7-9-11-13-15-20-36-62-38-22-17-23-39-63-37-21-16-18-26-45(5)60-47-27-24-28-48(40-47)61-64-49-32-33-51(52(56)41-49)46-31-34-54(57)59-42-46/h24-25,27-34,40,42,49,51-52,58,60-61H,1,3,5-23,26,35-39,41H2,2,4H3,(H2,57,59). The average Bonchev–Trinajstić information content (AvgIpc) is 3.28. The predicted octanol–water partition coefficient (Wildman–Crippen LogP) is 15.7. The van der Waals surface area contributed by atoms with Crippen LogP contribution in [0.15, 0.2) is 98.4 Å². The van der Waals surface area contributed by atoms with Gasteiger partial charge in [-0.05, 0) is 131 Å². The first-order valence-electron chi connectivity index (χ1n) is 24.6. The number of rotatable bonds is 36. The maximum Gasteiger partial charge on any atom is 0.123 e. The molecule has 0 radical (unpaired) electrons. The van der Waals surface area contributed by atoms with Crippen molar-refractivity contribution in [3.05, 3.63) is 115 Å². The maximum absolute atomic E-state index is 15.0. The highest BCUT2D eigenvalue weighted by atomic mass is 32.2. The number of nitrogen functional groups attached to an aromatic ring is 1. The summed E-state index contributed by atoms with van der Waals surface area (Å²) in [5.74, 6) is 0.164. The largest absolute Gasteiger partial charge is 0.385 e. The number of hydrogen-bond donors (Lipinski definition) is 4. The first kappa shape index (κ1) is 52.6. The number of nitrogens with two attached hydrogens (primary N) is 1. The molecule has 1 heterocycles. The number of allylic oxidation sites excluding steroid dienone is 4. The smallest absolute Gasteiger partial charge is 0.123 e. The molecule has 352 valence electrons. The molecule has 7 nitrogen and oxygen atoms in total. The van der Waals surface area contributed by atoms with E-state index in [1.807, 2.05) is 30.3 Å². The third kappa shape index (κ3) is 21.3. The van der Waals surface area contributed by atoms with E-state index in [1.165, 1.54) is 112 Å². The van der Waals surface area contributed by atoms with Crippen LogP contribution in [0.1, 0.15) is 165 Å². The molecule has 1 aromatic heterocycles. The van der Waals surface area contributed by atoms with Crippen LogP contribution >= 0.6 is 11.9 Å². The highest BCUT2D eigenvalue weighted by molar-refractivity contribution is 8.01. The quantitative estimate of drug-likeness (QED) is 0.0261. The van der Waals surface area contributed by atoms with Crippen molar-refractivity contribution in [1.29, 1.82) is 0 Å². The summed E-state index contributed by atoms with van der Waals surface area (Å²) in [5, 5.41) is 7.14. The molecule has 0 amide bonds. The summed E-state index contributed by atoms with van der Waals surface area (Å²) in [6.07, 6.45) is 28.7. The number of ether oxygens (including phenoxy) is 2. The van der Waals surface area contributed by atoms with Crippen LogP contribution in [-0.4, -0.2) is 49.4 Å². The van der Waals surface area contributed by atoms with Gasteiger partial charge in [-0.1, -0.05) is 132 Å². The van der Waals surface area contributed by atoms with Gasteiger partial charge < -0.3 is 30.6 Å². The minimum atomic E-state index is -0.967. The number of hydrogen-bond acceptors (Lipinski definition) is 8. The van der Waals surface area contributed by atoms with E-state index in [4.69, 9.17) is 15.2 Å². The molecular weight excluding hydrogens is 814 g/mol. The fourth-order valence-corrected chi connectivity index (χ4v) is 9.11. The van der Waals surface area contributed by atoms with Crippen molar-refractivity contribution >= 4 is 46.0 Å². The second-order valence-electron chi connectivity index (χ2n) is 17.8. The number of alkyl halides is 1. The lowest BCUT2D eigenvalue weighted by atomic mass is 9.88. The second-order valence-corrected chi connectivity index (χ2v) is 18.8. The summed E-state index contributed by atoms with van der Waals surface area (Å²) >= 11 is 1.54. The Bertz CT molecular complexity index is 1820. The zero-order valence-electron chi connectivity index (χ0n) is 39.6. The third-order valence-electron chi connectivity index (χ3n) is 11.9. The molecule has 0 spiro atoms. The Balaban J connectivity index is 0.853. The van der Waals surface area contributed by atoms with Gasteiger partial charge in [0, 0.05) is 78.7 Å². The molecule has 3 aromatic rings. The fourth-order valence-electron chi connectivity index (χ4n) is 8.25. The van der Waals surface area contributed by atoms with E-state index in [9.17, 15) is 0 Å². The number of pyridine rings is 1. The Kier molecular flexibility index (Phi) is 26.1. The van der Waals surface area contributed by atoms with Crippen LogP contribution in [0.2, 0.25) is 0 Å². The lowest BCUT2D eigenvalue weighted by Crippen LogP contribution is -2.22. The lowest BCUT2D eigenvalue weighted by Gasteiger charge is -2.26. The molecule has 4 rings (SSSR count). The Labute approximate surface area is 392 Å². The number of nitrogens with one attached hydrogen (secondary N) is 3. The Morgan fingerprint density at radius 1 is 0.703 bits per heavy atom. The van der Waals surface area contributed by atoms with E-state index in [0.29, 0.717) is 12.2 Å². The number of nitrogens with zero attached hydrogens (tertiary/aromatic N) is 1. The molecule has 0 saturated carbocycles. The number of aromatic nitrogens is 1. The van der Waals surface area contributed by atoms with Gasteiger partial charge in [0.15, 0.2) is 0 Å². The van der Waals surface area contributed by atoms with Crippen molar-refractivity contribution in [2.45, 2.75) is 160 Å². The normalized spacial score (nSPS) is 15.8. The van der Waals surface area contributed by atoms with Gasteiger partial charge in [-0.25, -0.2) is 9.37 Å². The maximum atomic E-state index is 15.0. The van der Waals surface area contributed by atoms with Crippen LogP contribution in [0, 0.1) is 0 Å². The Morgan fingerprint density at radius 2 is 1.28 bits per heavy atom. The molecular formula is C55H82FN5O2S. The highest BCUT2D eigenvalue weighted by Gasteiger charge is 2.28. The zero-order chi connectivity index (χ0) is 45.6. The van der Waals surface area contributed by atoms with E-state index < -0.39 is 6.17 Å². The number of halogens is 1. The minimum absolute atomic E-state index is 0.0419. The Hall–Kier alpha value is -4.05. The van der Waals surface area contributed by atoms with Crippen molar-refractivity contribution in [2.24, 2.45) is 0 Å². The van der Waals surface area contributed by atoms with Gasteiger partial charge in [-0.15, -0.1) is 0 Å². The summed E-state index contributed by atoms with van der Waals surface area (Å²) in [6.45, 7) is 21.2. The van der Waals surface area contributed by atoms with Crippen LogP contribution in [0.25, 0.3) is 11.1 Å². The van der Waals surface area contributed by atoms with E-state index in [1.54, 1.807) is 12.3 Å². The Morgan fingerprint density at radius 3 is 1.88 bits per heavy atom. The summed E-state index contributed by atoms with van der Waals surface area (Å²) in [6, 6.07) is 18.2. The number of unbranched alkanes of at least 4 members (excludes halogenated alkanes) is 15. The molecule has 5 N–H and O–H groups in total. The number of anilines is 4. The molecule has 0 saturated heterocycles. The average molecular weight is 896 g/mol. The van der Waals surface area contributed by atoms with Crippen LogP contribution < -0.4 is 21.1 Å². The predicted molar refractivity (Wildman–Crippen MR) is 278 cm³/mol. The van der Waals surface area contributed by atoms with Crippen LogP contribution in [0.3, 0.4) is 0 Å². The van der Waals surface area contributed by atoms with E-state index in [2.05, 4.69) is 84.3 Å². The van der Waals surface area contributed by atoms with Gasteiger partial charge in [-0.3, -0.25) is 0 Å². The molecule has 3 unspecified atom stereocenters. The summed E-state index contributed by atoms with van der Waals surface area (Å²) < 4.78 is 30.2. The first-order valence-corrected chi connectivity index (χ1v) is 25.4. The summed E-state index contributed by atoms with van der Waals surface area (Å²) in [4.78, 5) is 4.12.